The maximum absolute atomic E-state index is 12.8. The van der Waals surface area contributed by atoms with Gasteiger partial charge in [0.05, 0.1) is 18.7 Å². The smallest absolute Gasteiger partial charge is 0.248 e. The van der Waals surface area contributed by atoms with Crippen molar-refractivity contribution in [2.75, 3.05) is 19.0 Å². The highest BCUT2D eigenvalue weighted by molar-refractivity contribution is 6.32. The lowest BCUT2D eigenvalue weighted by molar-refractivity contribution is -0.111. The Morgan fingerprint density at radius 2 is 2.00 bits per heavy atom. The second-order valence-electron chi connectivity index (χ2n) is 4.80. The van der Waals surface area contributed by atoms with Gasteiger partial charge in [-0.05, 0) is 55.0 Å². The van der Waals surface area contributed by atoms with E-state index >= 15 is 0 Å². The normalized spacial score (nSPS) is 10.7. The lowest BCUT2D eigenvalue weighted by Gasteiger charge is -2.11. The standard InChI is InChI=1S/C18H17ClFNO3/c1-3-24-16-11-12(10-15(19)18(16)23-2)4-9-17(22)21-14-7-5-13(20)6-8-14/h4-11H,3H2,1-2H3,(H,21,22)/b9-4+. The van der Waals surface area contributed by atoms with Crippen LogP contribution in [0, 0.1) is 5.82 Å². The van der Waals surface area contributed by atoms with Gasteiger partial charge in [0.2, 0.25) is 5.91 Å². The van der Waals surface area contributed by atoms with Crippen molar-refractivity contribution < 1.29 is 18.7 Å². The minimum Gasteiger partial charge on any atom is -0.491 e. The van der Waals surface area contributed by atoms with Gasteiger partial charge in [0.25, 0.3) is 0 Å². The number of amides is 1. The third-order valence-electron chi connectivity index (χ3n) is 3.07. The molecule has 0 bridgehead atoms. The molecule has 0 aromatic heterocycles. The largest absolute Gasteiger partial charge is 0.491 e. The first-order valence-electron chi connectivity index (χ1n) is 7.28. The van der Waals surface area contributed by atoms with E-state index in [4.69, 9.17) is 21.1 Å². The summed E-state index contributed by atoms with van der Waals surface area (Å²) in [6, 6.07) is 8.92. The van der Waals surface area contributed by atoms with Gasteiger partial charge < -0.3 is 14.8 Å². The fourth-order valence-corrected chi connectivity index (χ4v) is 2.33. The highest BCUT2D eigenvalue weighted by atomic mass is 35.5. The van der Waals surface area contributed by atoms with Crippen LogP contribution < -0.4 is 14.8 Å². The van der Waals surface area contributed by atoms with E-state index in [1.807, 2.05) is 6.92 Å². The fraction of sp³-hybridized carbons (Fsp3) is 0.167. The summed E-state index contributed by atoms with van der Waals surface area (Å²) in [5, 5.41) is 3.03. The van der Waals surface area contributed by atoms with Crippen molar-refractivity contribution in [2.45, 2.75) is 6.92 Å². The summed E-state index contributed by atoms with van der Waals surface area (Å²) in [4.78, 5) is 11.9. The highest BCUT2D eigenvalue weighted by Crippen LogP contribution is 2.36. The van der Waals surface area contributed by atoms with Gasteiger partial charge in [-0.3, -0.25) is 4.79 Å². The molecule has 0 heterocycles. The quantitative estimate of drug-likeness (QED) is 0.779. The lowest BCUT2D eigenvalue weighted by atomic mass is 10.2. The van der Waals surface area contributed by atoms with Gasteiger partial charge >= 0.3 is 0 Å². The molecular formula is C18H17ClFNO3. The van der Waals surface area contributed by atoms with Crippen LogP contribution in [-0.4, -0.2) is 19.6 Å². The van der Waals surface area contributed by atoms with E-state index in [1.54, 1.807) is 18.2 Å². The first kappa shape index (κ1) is 17.8. The van der Waals surface area contributed by atoms with Gasteiger partial charge in [0.1, 0.15) is 5.82 Å². The van der Waals surface area contributed by atoms with E-state index in [1.165, 1.54) is 37.5 Å². The molecule has 2 aromatic carbocycles. The fourth-order valence-electron chi connectivity index (χ4n) is 2.03. The van der Waals surface area contributed by atoms with Gasteiger partial charge in [0, 0.05) is 11.8 Å². The Balaban J connectivity index is 2.12. The van der Waals surface area contributed by atoms with E-state index in [9.17, 15) is 9.18 Å². The van der Waals surface area contributed by atoms with E-state index in [0.717, 1.165) is 0 Å². The van der Waals surface area contributed by atoms with E-state index in [0.29, 0.717) is 34.4 Å². The number of rotatable bonds is 6. The van der Waals surface area contributed by atoms with Crippen LogP contribution in [0.5, 0.6) is 11.5 Å². The molecule has 2 aromatic rings. The maximum Gasteiger partial charge on any atom is 0.248 e. The van der Waals surface area contributed by atoms with Gasteiger partial charge in [-0.25, -0.2) is 4.39 Å². The average Bonchev–Trinajstić information content (AvgIpc) is 2.55. The number of benzene rings is 2. The van der Waals surface area contributed by atoms with Crippen LogP contribution >= 0.6 is 11.6 Å². The van der Waals surface area contributed by atoms with Crippen molar-refractivity contribution in [2.24, 2.45) is 0 Å². The summed E-state index contributed by atoms with van der Waals surface area (Å²) in [5.41, 5.74) is 1.20. The Kier molecular flexibility index (Phi) is 6.21. The van der Waals surface area contributed by atoms with Gasteiger partial charge in [-0.15, -0.1) is 0 Å². The lowest BCUT2D eigenvalue weighted by Crippen LogP contribution is -2.07. The summed E-state index contributed by atoms with van der Waals surface area (Å²) in [5.74, 6) is 0.254. The molecule has 24 heavy (non-hydrogen) atoms. The molecule has 0 aliphatic rings. The summed E-state index contributed by atoms with van der Waals surface area (Å²) in [6.45, 7) is 2.32. The van der Waals surface area contributed by atoms with Crippen LogP contribution in [0.2, 0.25) is 5.02 Å². The zero-order chi connectivity index (χ0) is 17.5. The van der Waals surface area contributed by atoms with Crippen molar-refractivity contribution in [3.05, 3.63) is 58.9 Å². The molecule has 1 amide bonds. The number of carbonyl (C=O) groups excluding carboxylic acids is 1. The monoisotopic (exact) mass is 349 g/mol. The SMILES string of the molecule is CCOc1cc(/C=C/C(=O)Nc2ccc(F)cc2)cc(Cl)c1OC. The Bertz CT molecular complexity index is 745. The van der Waals surface area contributed by atoms with Crippen molar-refractivity contribution in [1.29, 1.82) is 0 Å². The predicted octanol–water partition coefficient (Wildman–Crippen LogP) is 4.54. The molecule has 0 atom stereocenters. The zero-order valence-corrected chi connectivity index (χ0v) is 14.1. The van der Waals surface area contributed by atoms with Gasteiger partial charge in [-0.1, -0.05) is 11.6 Å². The number of ether oxygens (including phenoxy) is 2. The van der Waals surface area contributed by atoms with Crippen LogP contribution in [0.4, 0.5) is 10.1 Å². The molecule has 126 valence electrons. The van der Waals surface area contributed by atoms with Crippen LogP contribution in [0.15, 0.2) is 42.5 Å². The molecule has 1 N–H and O–H groups in total. The van der Waals surface area contributed by atoms with Crippen molar-refractivity contribution in [1.82, 2.24) is 0 Å². The van der Waals surface area contributed by atoms with Crippen LogP contribution in [0.25, 0.3) is 6.08 Å². The van der Waals surface area contributed by atoms with E-state index in [2.05, 4.69) is 5.32 Å². The zero-order valence-electron chi connectivity index (χ0n) is 13.3. The molecule has 0 unspecified atom stereocenters. The first-order chi connectivity index (χ1) is 11.5. The predicted molar refractivity (Wildman–Crippen MR) is 93.2 cm³/mol. The van der Waals surface area contributed by atoms with Gasteiger partial charge in [-0.2, -0.15) is 0 Å². The topological polar surface area (TPSA) is 47.6 Å². The Morgan fingerprint density at radius 3 is 2.62 bits per heavy atom. The summed E-state index contributed by atoms with van der Waals surface area (Å²) >= 11 is 6.16. The highest BCUT2D eigenvalue weighted by Gasteiger charge is 2.10. The number of anilines is 1. The number of carbonyl (C=O) groups is 1. The molecule has 0 radical (unpaired) electrons. The number of hydrogen-bond donors (Lipinski definition) is 1. The minimum atomic E-state index is -0.361. The van der Waals surface area contributed by atoms with Crippen LogP contribution in [0.1, 0.15) is 12.5 Å². The second-order valence-corrected chi connectivity index (χ2v) is 5.20. The molecule has 0 aliphatic carbocycles. The number of halogens is 2. The van der Waals surface area contributed by atoms with Crippen molar-refractivity contribution >= 4 is 29.3 Å². The van der Waals surface area contributed by atoms with Gasteiger partial charge in [0.15, 0.2) is 11.5 Å². The molecule has 4 nitrogen and oxygen atoms in total. The molecule has 0 saturated carbocycles. The molecule has 0 aliphatic heterocycles. The van der Waals surface area contributed by atoms with Crippen molar-refractivity contribution in [3.63, 3.8) is 0 Å². The third-order valence-corrected chi connectivity index (χ3v) is 3.36. The van der Waals surface area contributed by atoms with Crippen LogP contribution in [-0.2, 0) is 4.79 Å². The van der Waals surface area contributed by atoms with Crippen molar-refractivity contribution in [3.8, 4) is 11.5 Å². The number of nitrogens with one attached hydrogen (secondary N) is 1. The number of methoxy groups -OCH3 is 1. The summed E-state index contributed by atoms with van der Waals surface area (Å²) < 4.78 is 23.5. The van der Waals surface area contributed by atoms with E-state index < -0.39 is 0 Å². The maximum atomic E-state index is 12.8. The molecule has 6 heteroatoms. The van der Waals surface area contributed by atoms with Crippen LogP contribution in [0.3, 0.4) is 0 Å². The molecule has 2 rings (SSSR count). The summed E-state index contributed by atoms with van der Waals surface area (Å²) in [7, 11) is 1.51. The first-order valence-corrected chi connectivity index (χ1v) is 7.66. The minimum absolute atomic E-state index is 0.341. The number of hydrogen-bond acceptors (Lipinski definition) is 3. The second kappa shape index (κ2) is 8.36. The Labute approximate surface area is 144 Å². The summed E-state index contributed by atoms with van der Waals surface area (Å²) in [6.07, 6.45) is 2.96. The van der Waals surface area contributed by atoms with E-state index in [-0.39, 0.29) is 11.7 Å². The molecule has 0 spiro atoms. The Morgan fingerprint density at radius 1 is 1.29 bits per heavy atom. The molecule has 0 fully saturated rings. The third kappa shape index (κ3) is 4.73. The Hall–Kier alpha value is -2.53. The average molecular weight is 350 g/mol. The molecule has 0 saturated heterocycles. The molecular weight excluding hydrogens is 333 g/mol.